The molecular formula is C10H4ClF5N2. The molecule has 0 aliphatic carbocycles. The van der Waals surface area contributed by atoms with E-state index in [2.05, 4.69) is 10.2 Å². The summed E-state index contributed by atoms with van der Waals surface area (Å²) in [6, 6.07) is 1.60. The summed E-state index contributed by atoms with van der Waals surface area (Å²) in [5.74, 6) is -3.66. The van der Waals surface area contributed by atoms with Gasteiger partial charge >= 0.3 is 6.18 Å². The van der Waals surface area contributed by atoms with Crippen molar-refractivity contribution >= 4 is 11.6 Å². The van der Waals surface area contributed by atoms with Gasteiger partial charge in [0.1, 0.15) is 0 Å². The molecule has 1 heterocycles. The van der Waals surface area contributed by atoms with Gasteiger partial charge < -0.3 is 0 Å². The van der Waals surface area contributed by atoms with Gasteiger partial charge in [0.2, 0.25) is 0 Å². The van der Waals surface area contributed by atoms with E-state index in [1.54, 1.807) is 0 Å². The summed E-state index contributed by atoms with van der Waals surface area (Å²) in [7, 11) is 0. The lowest BCUT2D eigenvalue weighted by atomic mass is 10.1. The van der Waals surface area contributed by atoms with E-state index in [9.17, 15) is 22.0 Å². The average molecular weight is 283 g/mol. The van der Waals surface area contributed by atoms with E-state index >= 15 is 0 Å². The first-order valence-electron chi connectivity index (χ1n) is 4.57. The number of rotatable bonds is 1. The van der Waals surface area contributed by atoms with Crippen LogP contribution in [0.2, 0.25) is 5.02 Å². The number of nitrogens with one attached hydrogen (secondary N) is 1. The highest BCUT2D eigenvalue weighted by Gasteiger charge is 2.37. The van der Waals surface area contributed by atoms with Crippen LogP contribution in [0.5, 0.6) is 0 Å². The average Bonchev–Trinajstić information content (AvgIpc) is 2.75. The first kappa shape index (κ1) is 12.8. The van der Waals surface area contributed by atoms with Crippen molar-refractivity contribution in [3.05, 3.63) is 40.6 Å². The molecule has 2 rings (SSSR count). The lowest BCUT2D eigenvalue weighted by Gasteiger charge is -2.12. The van der Waals surface area contributed by atoms with Gasteiger partial charge in [-0.3, -0.25) is 5.10 Å². The normalized spacial score (nSPS) is 11.9. The van der Waals surface area contributed by atoms with Crippen LogP contribution in [0.15, 0.2) is 18.3 Å². The fourth-order valence-corrected chi connectivity index (χ4v) is 1.74. The first-order valence-corrected chi connectivity index (χ1v) is 4.94. The molecule has 1 aromatic heterocycles. The molecule has 0 radical (unpaired) electrons. The van der Waals surface area contributed by atoms with E-state index in [1.807, 2.05) is 0 Å². The molecule has 0 aliphatic rings. The summed E-state index contributed by atoms with van der Waals surface area (Å²) in [6.45, 7) is 0. The third kappa shape index (κ3) is 2.05. The second kappa shape index (κ2) is 4.24. The molecule has 0 unspecified atom stereocenters. The van der Waals surface area contributed by atoms with E-state index in [4.69, 9.17) is 11.6 Å². The zero-order valence-electron chi connectivity index (χ0n) is 8.45. The molecule has 18 heavy (non-hydrogen) atoms. The van der Waals surface area contributed by atoms with Crippen molar-refractivity contribution in [1.29, 1.82) is 0 Å². The number of benzene rings is 1. The Morgan fingerprint density at radius 3 is 2.33 bits per heavy atom. The van der Waals surface area contributed by atoms with Crippen LogP contribution >= 0.6 is 11.6 Å². The smallest absolute Gasteiger partial charge is 0.278 e. The van der Waals surface area contributed by atoms with Crippen molar-refractivity contribution in [3.8, 4) is 11.3 Å². The van der Waals surface area contributed by atoms with Crippen LogP contribution in [0.25, 0.3) is 11.3 Å². The molecule has 0 spiro atoms. The fourth-order valence-electron chi connectivity index (χ4n) is 1.44. The first-order chi connectivity index (χ1) is 8.32. The molecule has 1 N–H and O–H groups in total. The van der Waals surface area contributed by atoms with E-state index < -0.39 is 34.0 Å². The molecule has 0 fully saturated rings. The van der Waals surface area contributed by atoms with Gasteiger partial charge in [-0.15, -0.1) is 0 Å². The number of halogens is 6. The van der Waals surface area contributed by atoms with Crippen LogP contribution in [-0.2, 0) is 6.18 Å². The van der Waals surface area contributed by atoms with Gasteiger partial charge in [0, 0.05) is 6.20 Å². The van der Waals surface area contributed by atoms with Crippen molar-refractivity contribution in [2.75, 3.05) is 0 Å². The third-order valence-electron chi connectivity index (χ3n) is 2.23. The zero-order valence-corrected chi connectivity index (χ0v) is 9.20. The van der Waals surface area contributed by atoms with Crippen molar-refractivity contribution in [2.24, 2.45) is 0 Å². The van der Waals surface area contributed by atoms with Crippen molar-refractivity contribution < 1.29 is 22.0 Å². The minimum atomic E-state index is -5.01. The molecule has 96 valence electrons. The quantitative estimate of drug-likeness (QED) is 0.621. The molecule has 0 amide bonds. The predicted molar refractivity (Wildman–Crippen MR) is 54.0 cm³/mol. The van der Waals surface area contributed by atoms with Gasteiger partial charge in [0.25, 0.3) is 0 Å². The summed E-state index contributed by atoms with van der Waals surface area (Å²) in [5.41, 5.74) is -2.24. The second-order valence-corrected chi connectivity index (χ2v) is 3.78. The lowest BCUT2D eigenvalue weighted by molar-refractivity contribution is -0.140. The Kier molecular flexibility index (Phi) is 3.02. The highest BCUT2D eigenvalue weighted by atomic mass is 35.5. The highest BCUT2D eigenvalue weighted by Crippen LogP contribution is 2.39. The minimum absolute atomic E-state index is 0.00914. The molecule has 1 aromatic carbocycles. The Morgan fingerprint density at radius 1 is 1.17 bits per heavy atom. The molecule has 0 atom stereocenters. The van der Waals surface area contributed by atoms with Gasteiger partial charge in [0.05, 0.1) is 21.8 Å². The number of aromatic nitrogens is 2. The van der Waals surface area contributed by atoms with E-state index in [-0.39, 0.29) is 5.69 Å². The van der Waals surface area contributed by atoms with Gasteiger partial charge in [-0.25, -0.2) is 8.78 Å². The van der Waals surface area contributed by atoms with Crippen molar-refractivity contribution in [1.82, 2.24) is 10.2 Å². The summed E-state index contributed by atoms with van der Waals surface area (Å²) >= 11 is 5.55. The van der Waals surface area contributed by atoms with Crippen LogP contribution in [-0.4, -0.2) is 10.2 Å². The molecule has 0 aliphatic heterocycles. The number of aromatic amines is 1. The molecule has 0 saturated heterocycles. The Bertz CT molecular complexity index is 577. The SMILES string of the molecule is Fc1c(C(F)(F)F)cc(Cl)c(-c2ccn[nH]2)c1F. The fraction of sp³-hybridized carbons (Fsp3) is 0.100. The number of hydrogen-bond donors (Lipinski definition) is 1. The molecular weight excluding hydrogens is 279 g/mol. The second-order valence-electron chi connectivity index (χ2n) is 3.38. The Morgan fingerprint density at radius 2 is 1.83 bits per heavy atom. The molecule has 0 saturated carbocycles. The topological polar surface area (TPSA) is 28.7 Å². The maximum Gasteiger partial charge on any atom is 0.419 e. The van der Waals surface area contributed by atoms with E-state index in [1.165, 1.54) is 12.3 Å². The van der Waals surface area contributed by atoms with Gasteiger partial charge in [-0.2, -0.15) is 18.3 Å². The van der Waals surface area contributed by atoms with Crippen molar-refractivity contribution in [2.45, 2.75) is 6.18 Å². The highest BCUT2D eigenvalue weighted by molar-refractivity contribution is 6.33. The number of hydrogen-bond acceptors (Lipinski definition) is 1. The van der Waals surface area contributed by atoms with Crippen LogP contribution in [0, 0.1) is 11.6 Å². The molecule has 2 aromatic rings. The largest absolute Gasteiger partial charge is 0.419 e. The van der Waals surface area contributed by atoms with E-state index in [0.29, 0.717) is 6.07 Å². The lowest BCUT2D eigenvalue weighted by Crippen LogP contribution is -2.10. The predicted octanol–water partition coefficient (Wildman–Crippen LogP) is 4.03. The van der Waals surface area contributed by atoms with Gasteiger partial charge in [0.15, 0.2) is 11.6 Å². The number of alkyl halides is 3. The molecule has 0 bridgehead atoms. The zero-order chi connectivity index (χ0) is 13.5. The third-order valence-corrected chi connectivity index (χ3v) is 2.53. The number of H-pyrrole nitrogens is 1. The summed E-state index contributed by atoms with van der Waals surface area (Å²) < 4.78 is 64.1. The summed E-state index contributed by atoms with van der Waals surface area (Å²) in [6.07, 6.45) is -3.78. The molecule has 2 nitrogen and oxygen atoms in total. The Labute approximate surface area is 102 Å². The summed E-state index contributed by atoms with van der Waals surface area (Å²) in [4.78, 5) is 0. The van der Waals surface area contributed by atoms with Crippen LogP contribution in [0.4, 0.5) is 22.0 Å². The standard InChI is InChI=1S/C10H4ClF5N2/c11-5-3-4(10(14,15)16)8(12)9(13)7(5)6-1-2-17-18-6/h1-3H,(H,17,18). The van der Waals surface area contributed by atoms with Crippen LogP contribution in [0.3, 0.4) is 0 Å². The number of nitrogens with zero attached hydrogens (tertiary/aromatic N) is 1. The van der Waals surface area contributed by atoms with Crippen molar-refractivity contribution in [3.63, 3.8) is 0 Å². The monoisotopic (exact) mass is 282 g/mol. The van der Waals surface area contributed by atoms with E-state index in [0.717, 1.165) is 0 Å². The maximum absolute atomic E-state index is 13.6. The molecule has 8 heteroatoms. The Balaban J connectivity index is 2.70. The minimum Gasteiger partial charge on any atom is -0.278 e. The summed E-state index contributed by atoms with van der Waals surface area (Å²) in [5, 5.41) is 5.23. The van der Waals surface area contributed by atoms with Crippen LogP contribution in [0.1, 0.15) is 5.56 Å². The maximum atomic E-state index is 13.6. The van der Waals surface area contributed by atoms with Crippen LogP contribution < -0.4 is 0 Å². The van der Waals surface area contributed by atoms with Gasteiger partial charge in [-0.05, 0) is 12.1 Å². The van der Waals surface area contributed by atoms with Gasteiger partial charge in [-0.1, -0.05) is 11.6 Å². The Hall–Kier alpha value is -1.63.